The number of hydrogen-bond acceptors (Lipinski definition) is 7. The minimum atomic E-state index is -1.37. The van der Waals surface area contributed by atoms with Gasteiger partial charge in [0.05, 0.1) is 24.6 Å². The molecular formula is C26H24FN7O4. The average molecular weight is 518 g/mol. The van der Waals surface area contributed by atoms with Gasteiger partial charge in [-0.25, -0.2) is 14.4 Å². The predicted octanol–water partition coefficient (Wildman–Crippen LogP) is 2.64. The van der Waals surface area contributed by atoms with E-state index >= 15 is 0 Å². The van der Waals surface area contributed by atoms with Gasteiger partial charge in [0.1, 0.15) is 30.9 Å². The molecule has 0 saturated carbocycles. The summed E-state index contributed by atoms with van der Waals surface area (Å²) >= 11 is 0. The van der Waals surface area contributed by atoms with Gasteiger partial charge >= 0.3 is 0 Å². The summed E-state index contributed by atoms with van der Waals surface area (Å²) in [5.74, 6) is -1.09. The largest absolute Gasteiger partial charge is 0.353 e. The van der Waals surface area contributed by atoms with Gasteiger partial charge < -0.3 is 25.1 Å². The number of nitrogens with one attached hydrogen (secondary N) is 3. The molecule has 11 nitrogen and oxygen atoms in total. The first-order valence-corrected chi connectivity index (χ1v) is 11.9. The second kappa shape index (κ2) is 10.2. The Morgan fingerprint density at radius 1 is 1.13 bits per heavy atom. The molecule has 2 amide bonds. The standard InChI is InChI=1S/C26H24FN7O4/c1-15(35)21-12-33(22-3-2-17(7-20(21)22)31-18-9-28-14-29-10-18)13-25(37)34-11-16(27)6-23(34)26(38)32-24-8-19(36)4-5-30-24/h2-5,7-10,12,14,16,23,31H,6,11,13H2,1H3,(H2,30,32,36,38)/t16-,23+/m1/s1. The predicted molar refractivity (Wildman–Crippen MR) is 138 cm³/mol. The van der Waals surface area contributed by atoms with Gasteiger partial charge in [0.15, 0.2) is 11.2 Å². The molecule has 0 bridgehead atoms. The lowest BCUT2D eigenvalue weighted by Gasteiger charge is -2.24. The Balaban J connectivity index is 1.38. The fourth-order valence-electron chi connectivity index (χ4n) is 4.60. The molecule has 1 aliphatic rings. The summed E-state index contributed by atoms with van der Waals surface area (Å²) in [5.41, 5.74) is 2.13. The van der Waals surface area contributed by atoms with Crippen LogP contribution in [0, 0.1) is 0 Å². The first kappa shape index (κ1) is 24.8. The first-order valence-electron chi connectivity index (χ1n) is 11.9. The molecule has 3 aromatic heterocycles. The highest BCUT2D eigenvalue weighted by atomic mass is 19.1. The molecule has 3 N–H and O–H groups in total. The number of benzene rings is 1. The van der Waals surface area contributed by atoms with E-state index in [4.69, 9.17) is 0 Å². The van der Waals surface area contributed by atoms with Gasteiger partial charge in [-0.1, -0.05) is 0 Å². The van der Waals surface area contributed by atoms with Crippen molar-refractivity contribution in [2.45, 2.75) is 32.1 Å². The van der Waals surface area contributed by atoms with Crippen LogP contribution in [0.5, 0.6) is 0 Å². The molecule has 1 saturated heterocycles. The summed E-state index contributed by atoms with van der Waals surface area (Å²) in [4.78, 5) is 62.0. The zero-order valence-electron chi connectivity index (χ0n) is 20.3. The van der Waals surface area contributed by atoms with E-state index in [0.717, 1.165) is 0 Å². The van der Waals surface area contributed by atoms with Crippen LogP contribution < -0.4 is 16.1 Å². The van der Waals surface area contributed by atoms with Crippen LogP contribution in [0.1, 0.15) is 23.7 Å². The average Bonchev–Trinajstić information content (AvgIpc) is 3.45. The van der Waals surface area contributed by atoms with Gasteiger partial charge in [-0.2, -0.15) is 0 Å². The van der Waals surface area contributed by atoms with Gasteiger partial charge in [0, 0.05) is 53.1 Å². The number of carbonyl (C=O) groups is 3. The maximum atomic E-state index is 14.4. The van der Waals surface area contributed by atoms with Gasteiger partial charge in [-0.3, -0.25) is 19.2 Å². The third-order valence-corrected chi connectivity index (χ3v) is 6.32. The zero-order valence-corrected chi connectivity index (χ0v) is 20.3. The van der Waals surface area contributed by atoms with Crippen LogP contribution in [-0.2, 0) is 16.1 Å². The number of halogens is 1. The monoisotopic (exact) mass is 517 g/mol. The summed E-state index contributed by atoms with van der Waals surface area (Å²) in [5, 5.41) is 6.36. The molecule has 0 spiro atoms. The Hall–Kier alpha value is -4.87. The first-order chi connectivity index (χ1) is 18.3. The number of alkyl halides is 1. The molecule has 1 fully saturated rings. The highest BCUT2D eigenvalue weighted by molar-refractivity contribution is 6.08. The molecule has 0 radical (unpaired) electrons. The molecule has 4 aromatic rings. The number of likely N-dealkylation sites (tertiary alicyclic amines) is 1. The lowest BCUT2D eigenvalue weighted by Crippen LogP contribution is -2.44. The summed E-state index contributed by atoms with van der Waals surface area (Å²) in [6.07, 6.45) is 6.10. The Kier molecular flexibility index (Phi) is 6.69. The lowest BCUT2D eigenvalue weighted by molar-refractivity contribution is -0.137. The number of hydrogen-bond donors (Lipinski definition) is 3. The Bertz CT molecular complexity index is 1580. The van der Waals surface area contributed by atoms with Crippen LogP contribution in [0.2, 0.25) is 0 Å². The number of nitrogens with zero attached hydrogens (tertiary/aromatic N) is 4. The maximum absolute atomic E-state index is 14.4. The lowest BCUT2D eigenvalue weighted by atomic mass is 10.1. The fourth-order valence-corrected chi connectivity index (χ4v) is 4.60. The van der Waals surface area contributed by atoms with Crippen LogP contribution in [0.25, 0.3) is 10.9 Å². The molecule has 1 aliphatic heterocycles. The van der Waals surface area contributed by atoms with Crippen LogP contribution >= 0.6 is 0 Å². The number of carbonyl (C=O) groups excluding carboxylic acids is 3. The molecule has 2 atom stereocenters. The van der Waals surface area contributed by atoms with Crippen LogP contribution in [0.4, 0.5) is 21.6 Å². The number of ketones is 1. The van der Waals surface area contributed by atoms with Crippen molar-refractivity contribution < 1.29 is 18.8 Å². The van der Waals surface area contributed by atoms with E-state index in [9.17, 15) is 23.6 Å². The summed E-state index contributed by atoms with van der Waals surface area (Å²) in [6.45, 7) is 1.02. The quantitative estimate of drug-likeness (QED) is 0.320. The van der Waals surface area contributed by atoms with Gasteiger partial charge in [0.25, 0.3) is 0 Å². The Morgan fingerprint density at radius 3 is 2.66 bits per heavy atom. The van der Waals surface area contributed by atoms with Crippen LogP contribution in [0.3, 0.4) is 0 Å². The number of aromatic nitrogens is 4. The minimum Gasteiger partial charge on any atom is -0.353 e. The Labute approximate surface area is 215 Å². The molecule has 194 valence electrons. The highest BCUT2D eigenvalue weighted by Crippen LogP contribution is 2.28. The molecule has 0 unspecified atom stereocenters. The van der Waals surface area contributed by atoms with E-state index in [0.29, 0.717) is 27.8 Å². The van der Waals surface area contributed by atoms with Crippen molar-refractivity contribution in [2.24, 2.45) is 0 Å². The van der Waals surface area contributed by atoms with E-state index < -0.39 is 24.0 Å². The van der Waals surface area contributed by atoms with E-state index in [1.165, 1.54) is 36.5 Å². The van der Waals surface area contributed by atoms with E-state index in [1.807, 2.05) is 0 Å². The van der Waals surface area contributed by atoms with Gasteiger partial charge in [-0.15, -0.1) is 0 Å². The molecule has 0 aliphatic carbocycles. The number of amides is 2. The maximum Gasteiger partial charge on any atom is 0.248 e. The molecule has 5 rings (SSSR count). The van der Waals surface area contributed by atoms with Gasteiger partial charge in [0.2, 0.25) is 11.8 Å². The topological polar surface area (TPSA) is 142 Å². The fraction of sp³-hybridized carbons (Fsp3) is 0.231. The van der Waals surface area contributed by atoms with Crippen molar-refractivity contribution in [1.82, 2.24) is 24.4 Å². The normalized spacial score (nSPS) is 16.9. The highest BCUT2D eigenvalue weighted by Gasteiger charge is 2.40. The third kappa shape index (κ3) is 5.14. The zero-order chi connectivity index (χ0) is 26.8. The summed E-state index contributed by atoms with van der Waals surface area (Å²) in [7, 11) is 0. The van der Waals surface area contributed by atoms with E-state index in [1.54, 1.807) is 41.4 Å². The molecule has 1 aromatic carbocycles. The van der Waals surface area contributed by atoms with Crippen molar-refractivity contribution in [2.75, 3.05) is 17.2 Å². The number of pyridine rings is 1. The van der Waals surface area contributed by atoms with Crippen molar-refractivity contribution in [3.63, 3.8) is 0 Å². The second-order valence-electron chi connectivity index (χ2n) is 9.03. The number of Topliss-reactive ketones (excluding diaryl/α,β-unsaturated/α-hetero) is 1. The van der Waals surface area contributed by atoms with Crippen molar-refractivity contribution in [3.05, 3.63) is 77.2 Å². The molecule has 12 heteroatoms. The smallest absolute Gasteiger partial charge is 0.248 e. The second-order valence-corrected chi connectivity index (χ2v) is 9.03. The van der Waals surface area contributed by atoms with Crippen LogP contribution in [0.15, 0.2) is 66.2 Å². The van der Waals surface area contributed by atoms with Crippen molar-refractivity contribution in [1.29, 1.82) is 0 Å². The number of anilines is 3. The van der Waals surface area contributed by atoms with E-state index in [2.05, 4.69) is 25.6 Å². The molecule has 4 heterocycles. The van der Waals surface area contributed by atoms with Crippen molar-refractivity contribution in [3.8, 4) is 0 Å². The number of H-pyrrole nitrogens is 1. The number of aromatic amines is 1. The van der Waals surface area contributed by atoms with E-state index in [-0.39, 0.29) is 36.5 Å². The summed E-state index contributed by atoms with van der Waals surface area (Å²) in [6, 6.07) is 6.83. The SMILES string of the molecule is CC(=O)c1cn(CC(=O)N2C[C@H](F)C[C@H]2C(=O)Nc2cc(=O)cc[nH]2)c2ccc(Nc3cncnc3)cc12. The minimum absolute atomic E-state index is 0.155. The van der Waals surface area contributed by atoms with Gasteiger partial charge in [-0.05, 0) is 25.1 Å². The third-order valence-electron chi connectivity index (χ3n) is 6.32. The Morgan fingerprint density at radius 2 is 1.92 bits per heavy atom. The number of rotatable bonds is 7. The number of fused-ring (bicyclic) bond motifs is 1. The molecule has 38 heavy (non-hydrogen) atoms. The van der Waals surface area contributed by atoms with Crippen LogP contribution in [-0.4, -0.2) is 60.8 Å². The van der Waals surface area contributed by atoms with Crippen molar-refractivity contribution >= 4 is 45.7 Å². The molecular weight excluding hydrogens is 493 g/mol. The summed E-state index contributed by atoms with van der Waals surface area (Å²) < 4.78 is 16.0.